The second-order valence-electron chi connectivity index (χ2n) is 4.61. The lowest BCUT2D eigenvalue weighted by atomic mass is 9.86. The Labute approximate surface area is 109 Å². The van der Waals surface area contributed by atoms with E-state index in [1.165, 1.54) is 12.1 Å². The first-order chi connectivity index (χ1) is 9.15. The number of allylic oxidation sites excluding steroid dienone is 1. The molecule has 2 heterocycles. The van der Waals surface area contributed by atoms with E-state index in [0.29, 0.717) is 12.1 Å². The summed E-state index contributed by atoms with van der Waals surface area (Å²) >= 11 is 0. The number of ether oxygens (including phenoxy) is 1. The topological polar surface area (TPSA) is 79.1 Å². The number of nitrogens with zero attached hydrogens (tertiary/aromatic N) is 1. The van der Waals surface area contributed by atoms with Crippen molar-refractivity contribution in [3.63, 3.8) is 0 Å². The Hall–Kier alpha value is -2.30. The zero-order valence-electron chi connectivity index (χ0n) is 10.2. The average Bonchev–Trinajstić information content (AvgIpc) is 2.38. The number of carbonyl (C=O) groups is 1. The molecule has 0 bridgehead atoms. The number of phenols is 2. The van der Waals surface area contributed by atoms with Crippen LogP contribution in [0.5, 0.6) is 17.2 Å². The summed E-state index contributed by atoms with van der Waals surface area (Å²) in [5, 5.41) is 19.5. The van der Waals surface area contributed by atoms with Crippen LogP contribution < -0.4 is 4.74 Å². The Bertz CT molecular complexity index is 604. The van der Waals surface area contributed by atoms with Crippen molar-refractivity contribution in [2.45, 2.75) is 18.8 Å². The fourth-order valence-electron chi connectivity index (χ4n) is 2.47. The molecule has 2 aliphatic rings. The molecule has 0 radical (unpaired) electrons. The Morgan fingerprint density at radius 1 is 1.32 bits per heavy atom. The average molecular weight is 259 g/mol. The van der Waals surface area contributed by atoms with E-state index in [1.807, 2.05) is 12.2 Å². The lowest BCUT2D eigenvalue weighted by molar-refractivity contribution is -0.135. The summed E-state index contributed by atoms with van der Waals surface area (Å²) in [5.74, 6) is -0.696. The lowest BCUT2D eigenvalue weighted by Crippen LogP contribution is -2.25. The molecular formula is C14H13NO4. The third kappa shape index (κ3) is 2.07. The maximum absolute atomic E-state index is 11.6. The van der Waals surface area contributed by atoms with E-state index in [-0.39, 0.29) is 35.6 Å². The quantitative estimate of drug-likeness (QED) is 0.596. The first-order valence-electron chi connectivity index (χ1n) is 6.12. The summed E-state index contributed by atoms with van der Waals surface area (Å²) in [4.78, 5) is 16.0. The molecule has 98 valence electrons. The van der Waals surface area contributed by atoms with Crippen molar-refractivity contribution in [1.29, 1.82) is 0 Å². The van der Waals surface area contributed by atoms with Crippen molar-refractivity contribution < 1.29 is 19.7 Å². The van der Waals surface area contributed by atoms with Gasteiger partial charge >= 0.3 is 5.97 Å². The molecule has 3 rings (SSSR count). The summed E-state index contributed by atoms with van der Waals surface area (Å²) in [6.07, 6.45) is 4.91. The van der Waals surface area contributed by atoms with Gasteiger partial charge in [-0.25, -0.2) is 0 Å². The Morgan fingerprint density at radius 2 is 2.16 bits per heavy atom. The number of benzene rings is 1. The van der Waals surface area contributed by atoms with E-state index in [0.717, 1.165) is 12.1 Å². The van der Waals surface area contributed by atoms with Gasteiger partial charge in [-0.05, 0) is 12.5 Å². The lowest BCUT2D eigenvalue weighted by Gasteiger charge is -2.26. The molecule has 19 heavy (non-hydrogen) atoms. The molecule has 0 saturated heterocycles. The largest absolute Gasteiger partial charge is 0.508 e. The van der Waals surface area contributed by atoms with E-state index in [1.54, 1.807) is 0 Å². The minimum absolute atomic E-state index is 0.0748. The van der Waals surface area contributed by atoms with Crippen LogP contribution in [-0.4, -0.2) is 28.4 Å². The minimum Gasteiger partial charge on any atom is -0.508 e. The standard InChI is InChI=1S/C14H13NO4/c16-8-5-11(17)14-9(10-3-1-2-4-15-10)7-13(18)19-12(14)6-8/h1,3,5-6,9,16-17H,2,4,7H2/t9-/m1/s1. The molecule has 0 spiro atoms. The van der Waals surface area contributed by atoms with E-state index < -0.39 is 0 Å². The Balaban J connectivity index is 2.11. The van der Waals surface area contributed by atoms with Gasteiger partial charge in [0.1, 0.15) is 17.2 Å². The molecule has 0 aromatic heterocycles. The number of fused-ring (bicyclic) bond motifs is 1. The zero-order chi connectivity index (χ0) is 13.4. The molecule has 0 amide bonds. The number of carbonyl (C=O) groups excluding carboxylic acids is 1. The summed E-state index contributed by atoms with van der Waals surface area (Å²) in [7, 11) is 0. The van der Waals surface area contributed by atoms with Gasteiger partial charge in [-0.1, -0.05) is 6.08 Å². The molecule has 1 aromatic rings. The van der Waals surface area contributed by atoms with Crippen LogP contribution in [0.3, 0.4) is 0 Å². The van der Waals surface area contributed by atoms with Crippen molar-refractivity contribution >= 4 is 11.7 Å². The number of rotatable bonds is 1. The van der Waals surface area contributed by atoms with Gasteiger partial charge in [0.25, 0.3) is 0 Å². The van der Waals surface area contributed by atoms with Crippen LogP contribution in [0, 0.1) is 0 Å². The number of esters is 1. The number of dihydropyridines is 1. The Morgan fingerprint density at radius 3 is 2.89 bits per heavy atom. The predicted molar refractivity (Wildman–Crippen MR) is 68.8 cm³/mol. The number of aliphatic imine (C=N–C) groups is 1. The molecule has 1 atom stereocenters. The van der Waals surface area contributed by atoms with Crippen molar-refractivity contribution in [2.24, 2.45) is 4.99 Å². The first-order valence-corrected chi connectivity index (χ1v) is 6.12. The second-order valence-corrected chi connectivity index (χ2v) is 4.61. The van der Waals surface area contributed by atoms with Gasteiger partial charge < -0.3 is 14.9 Å². The maximum atomic E-state index is 11.6. The fraction of sp³-hybridized carbons (Fsp3) is 0.286. The molecule has 0 unspecified atom stereocenters. The van der Waals surface area contributed by atoms with Crippen molar-refractivity contribution in [3.8, 4) is 17.2 Å². The highest BCUT2D eigenvalue weighted by atomic mass is 16.5. The normalized spacial score (nSPS) is 21.6. The molecule has 0 saturated carbocycles. The van der Waals surface area contributed by atoms with E-state index >= 15 is 0 Å². The molecule has 0 fully saturated rings. The fourth-order valence-corrected chi connectivity index (χ4v) is 2.47. The van der Waals surface area contributed by atoms with E-state index in [4.69, 9.17) is 4.74 Å². The summed E-state index contributed by atoms with van der Waals surface area (Å²) in [5.41, 5.74) is 1.29. The van der Waals surface area contributed by atoms with Gasteiger partial charge in [-0.3, -0.25) is 9.79 Å². The molecule has 5 nitrogen and oxygen atoms in total. The highest BCUT2D eigenvalue weighted by Gasteiger charge is 2.33. The van der Waals surface area contributed by atoms with Crippen LogP contribution in [0.4, 0.5) is 0 Å². The van der Waals surface area contributed by atoms with Crippen LogP contribution in [0.25, 0.3) is 0 Å². The number of hydrogen-bond acceptors (Lipinski definition) is 5. The molecular weight excluding hydrogens is 246 g/mol. The summed E-state index contributed by atoms with van der Waals surface area (Å²) < 4.78 is 5.08. The van der Waals surface area contributed by atoms with Gasteiger partial charge in [0.15, 0.2) is 0 Å². The molecule has 5 heteroatoms. The van der Waals surface area contributed by atoms with Crippen LogP contribution in [-0.2, 0) is 4.79 Å². The molecule has 2 N–H and O–H groups in total. The zero-order valence-corrected chi connectivity index (χ0v) is 10.2. The maximum Gasteiger partial charge on any atom is 0.312 e. The third-order valence-electron chi connectivity index (χ3n) is 3.28. The highest BCUT2D eigenvalue weighted by molar-refractivity contribution is 6.04. The van der Waals surface area contributed by atoms with Gasteiger partial charge in [-0.2, -0.15) is 0 Å². The summed E-state index contributed by atoms with van der Waals surface area (Å²) in [6.45, 7) is 0.686. The van der Waals surface area contributed by atoms with Crippen molar-refractivity contribution in [2.75, 3.05) is 6.54 Å². The van der Waals surface area contributed by atoms with E-state index in [2.05, 4.69) is 4.99 Å². The SMILES string of the molecule is O=C1C[C@H](C2=NCCC=C2)c2c(O)cc(O)cc2O1. The smallest absolute Gasteiger partial charge is 0.312 e. The minimum atomic E-state index is -0.385. The molecule has 2 aliphatic heterocycles. The summed E-state index contributed by atoms with van der Waals surface area (Å²) in [6, 6.07) is 2.59. The highest BCUT2D eigenvalue weighted by Crippen LogP contribution is 2.43. The van der Waals surface area contributed by atoms with E-state index in [9.17, 15) is 15.0 Å². The Kier molecular flexibility index (Phi) is 2.74. The predicted octanol–water partition coefficient (Wildman–Crippen LogP) is 1.89. The van der Waals surface area contributed by atoms with Crippen LogP contribution in [0.2, 0.25) is 0 Å². The monoisotopic (exact) mass is 259 g/mol. The van der Waals surface area contributed by atoms with Crippen LogP contribution in [0.1, 0.15) is 24.3 Å². The van der Waals surface area contributed by atoms with Crippen molar-refractivity contribution in [1.82, 2.24) is 0 Å². The number of hydrogen-bond donors (Lipinski definition) is 2. The van der Waals surface area contributed by atoms with Gasteiger partial charge in [-0.15, -0.1) is 0 Å². The van der Waals surface area contributed by atoms with Crippen LogP contribution in [0.15, 0.2) is 29.3 Å². The molecule has 0 aliphatic carbocycles. The van der Waals surface area contributed by atoms with Gasteiger partial charge in [0, 0.05) is 35.9 Å². The van der Waals surface area contributed by atoms with Gasteiger partial charge in [0.2, 0.25) is 0 Å². The number of phenolic OH excluding ortho intramolecular Hbond substituents is 2. The molecule has 1 aromatic carbocycles. The number of aromatic hydroxyl groups is 2. The van der Waals surface area contributed by atoms with Crippen LogP contribution >= 0.6 is 0 Å². The van der Waals surface area contributed by atoms with Gasteiger partial charge in [0.05, 0.1) is 6.42 Å². The third-order valence-corrected chi connectivity index (χ3v) is 3.28. The second kappa shape index (κ2) is 4.42. The first kappa shape index (κ1) is 11.8. The van der Waals surface area contributed by atoms with Crippen molar-refractivity contribution in [3.05, 3.63) is 29.8 Å².